The van der Waals surface area contributed by atoms with E-state index in [-0.39, 0.29) is 5.31 Å². The zero-order valence-electron chi connectivity index (χ0n) is 13.1. The average molecular weight is 263 g/mol. The second-order valence-corrected chi connectivity index (χ2v) is 6.98. The lowest BCUT2D eigenvalue weighted by atomic mass is 9.27. The van der Waals surface area contributed by atoms with Crippen molar-refractivity contribution >= 4 is 29.0 Å². The summed E-state index contributed by atoms with van der Waals surface area (Å²) in [6.07, 6.45) is 0. The van der Waals surface area contributed by atoms with Crippen molar-refractivity contribution in [2.75, 3.05) is 11.9 Å². The fourth-order valence-electron chi connectivity index (χ4n) is 3.46. The quantitative estimate of drug-likeness (QED) is 0.658. The Kier molecular flexibility index (Phi) is 2.93. The first-order chi connectivity index (χ1) is 9.39. The van der Waals surface area contributed by atoms with Gasteiger partial charge in [-0.25, -0.2) is 0 Å². The third-order valence-electron chi connectivity index (χ3n) is 4.33. The molecule has 2 heteroatoms. The van der Waals surface area contributed by atoms with Crippen LogP contribution >= 0.6 is 0 Å². The van der Waals surface area contributed by atoms with Crippen LogP contribution in [0.3, 0.4) is 0 Å². The third kappa shape index (κ3) is 1.95. The van der Waals surface area contributed by atoms with Gasteiger partial charge < -0.3 is 4.90 Å². The minimum Gasteiger partial charge on any atom is -0.345 e. The zero-order chi connectivity index (χ0) is 14.5. The molecular formula is C18H22BN. The van der Waals surface area contributed by atoms with Gasteiger partial charge in [-0.15, -0.1) is 0 Å². The van der Waals surface area contributed by atoms with Gasteiger partial charge in [-0.3, -0.25) is 0 Å². The zero-order valence-corrected chi connectivity index (χ0v) is 13.1. The molecule has 2 aromatic carbocycles. The van der Waals surface area contributed by atoms with Crippen LogP contribution in [0.5, 0.6) is 0 Å². The molecule has 0 saturated heterocycles. The van der Waals surface area contributed by atoms with Gasteiger partial charge in [-0.2, -0.15) is 0 Å². The van der Waals surface area contributed by atoms with Crippen LogP contribution in [0.1, 0.15) is 26.3 Å². The van der Waals surface area contributed by atoms with E-state index in [1.54, 1.807) is 0 Å². The lowest BCUT2D eigenvalue weighted by Gasteiger charge is -2.39. The molecule has 0 atom stereocenters. The summed E-state index contributed by atoms with van der Waals surface area (Å²) in [5.74, 6) is 0. The van der Waals surface area contributed by atoms with Gasteiger partial charge in [0.25, 0.3) is 0 Å². The molecule has 0 bridgehead atoms. The minimum atomic E-state index is 0.210. The van der Waals surface area contributed by atoms with Crippen LogP contribution in [0.15, 0.2) is 42.5 Å². The van der Waals surface area contributed by atoms with Crippen molar-refractivity contribution in [3.63, 3.8) is 0 Å². The fraction of sp³-hybridized carbons (Fsp3) is 0.333. The Bertz CT molecular complexity index is 655. The molecule has 0 aromatic heterocycles. The monoisotopic (exact) mass is 263 g/mol. The molecule has 2 aromatic rings. The molecule has 0 spiro atoms. The molecule has 0 amide bonds. The molecule has 0 unspecified atom stereocenters. The van der Waals surface area contributed by atoms with E-state index in [1.165, 1.54) is 27.9 Å². The largest absolute Gasteiger partial charge is 0.345 e. The summed E-state index contributed by atoms with van der Waals surface area (Å²) in [5, 5.41) is 0.210. The Hall–Kier alpha value is -1.70. The maximum atomic E-state index is 2.34. The molecule has 3 rings (SSSR count). The van der Waals surface area contributed by atoms with E-state index in [2.05, 4.69) is 82.1 Å². The summed E-state index contributed by atoms with van der Waals surface area (Å²) < 4.78 is 0. The lowest BCUT2D eigenvalue weighted by Crippen LogP contribution is -2.55. The molecule has 102 valence electrons. The Labute approximate surface area is 122 Å². The second kappa shape index (κ2) is 4.41. The Balaban J connectivity index is 2.30. The number of nitrogens with zero attached hydrogens (tertiary/aromatic N) is 1. The predicted octanol–water partition coefficient (Wildman–Crippen LogP) is 3.49. The molecule has 1 aliphatic rings. The highest BCUT2D eigenvalue weighted by atomic mass is 15.1. The van der Waals surface area contributed by atoms with Crippen LogP contribution < -0.4 is 15.8 Å². The van der Waals surface area contributed by atoms with Gasteiger partial charge in [0.2, 0.25) is 6.71 Å². The number of para-hydroxylation sites is 1. The Morgan fingerprint density at radius 3 is 2.25 bits per heavy atom. The van der Waals surface area contributed by atoms with E-state index >= 15 is 0 Å². The number of fused-ring (bicyclic) bond motifs is 2. The first-order valence-corrected chi connectivity index (χ1v) is 7.33. The second-order valence-electron chi connectivity index (χ2n) is 6.98. The Morgan fingerprint density at radius 2 is 1.55 bits per heavy atom. The van der Waals surface area contributed by atoms with Gasteiger partial charge in [0.05, 0.1) is 0 Å². The molecule has 0 radical (unpaired) electrons. The van der Waals surface area contributed by atoms with Crippen molar-refractivity contribution in [2.45, 2.75) is 33.0 Å². The van der Waals surface area contributed by atoms with Crippen LogP contribution in [0.4, 0.5) is 11.4 Å². The van der Waals surface area contributed by atoms with Crippen molar-refractivity contribution in [1.29, 1.82) is 0 Å². The molecule has 0 aliphatic carbocycles. The van der Waals surface area contributed by atoms with E-state index in [1.807, 2.05) is 0 Å². The van der Waals surface area contributed by atoms with Crippen LogP contribution in [-0.4, -0.2) is 13.8 Å². The highest BCUT2D eigenvalue weighted by Gasteiger charge is 2.39. The number of aryl methyl sites for hydroxylation is 1. The van der Waals surface area contributed by atoms with E-state index < -0.39 is 0 Å². The molecule has 1 nitrogen and oxygen atoms in total. The van der Waals surface area contributed by atoms with Crippen LogP contribution in [0, 0.1) is 6.92 Å². The van der Waals surface area contributed by atoms with Gasteiger partial charge in [0.15, 0.2) is 0 Å². The summed E-state index contributed by atoms with van der Waals surface area (Å²) in [5.41, 5.74) is 6.90. The average Bonchev–Trinajstić information content (AvgIpc) is 2.38. The van der Waals surface area contributed by atoms with Gasteiger partial charge >= 0.3 is 0 Å². The molecule has 20 heavy (non-hydrogen) atoms. The molecular weight excluding hydrogens is 241 g/mol. The van der Waals surface area contributed by atoms with Crippen molar-refractivity contribution in [3.05, 3.63) is 48.0 Å². The minimum absolute atomic E-state index is 0.210. The van der Waals surface area contributed by atoms with E-state index in [0.717, 1.165) is 0 Å². The third-order valence-corrected chi connectivity index (χ3v) is 4.33. The van der Waals surface area contributed by atoms with Gasteiger partial charge in [0, 0.05) is 18.4 Å². The Morgan fingerprint density at radius 1 is 0.900 bits per heavy atom. The highest BCUT2D eigenvalue weighted by molar-refractivity contribution is 6.90. The predicted molar refractivity (Wildman–Crippen MR) is 90.4 cm³/mol. The van der Waals surface area contributed by atoms with E-state index in [0.29, 0.717) is 6.71 Å². The number of hydrogen-bond donors (Lipinski definition) is 0. The standard InChI is InChI=1S/C18H22BN/c1-13-10-11-15-17(12-13)20(5)16-9-7-6-8-14(16)19(15)18(2,3)4/h6-12H,1-5H3. The van der Waals surface area contributed by atoms with Crippen molar-refractivity contribution in [1.82, 2.24) is 0 Å². The first-order valence-electron chi connectivity index (χ1n) is 7.33. The summed E-state index contributed by atoms with van der Waals surface area (Å²) in [4.78, 5) is 2.33. The fourth-order valence-corrected chi connectivity index (χ4v) is 3.46. The van der Waals surface area contributed by atoms with E-state index in [9.17, 15) is 0 Å². The van der Waals surface area contributed by atoms with Crippen molar-refractivity contribution in [3.8, 4) is 0 Å². The number of benzene rings is 2. The normalized spacial score (nSPS) is 14.1. The molecule has 1 aliphatic heterocycles. The molecule has 0 saturated carbocycles. The van der Waals surface area contributed by atoms with Crippen LogP contribution in [-0.2, 0) is 0 Å². The number of rotatable bonds is 0. The molecule has 0 N–H and O–H groups in total. The van der Waals surface area contributed by atoms with E-state index in [4.69, 9.17) is 0 Å². The van der Waals surface area contributed by atoms with Crippen molar-refractivity contribution < 1.29 is 0 Å². The number of anilines is 2. The lowest BCUT2D eigenvalue weighted by molar-refractivity contribution is 0.749. The highest BCUT2D eigenvalue weighted by Crippen LogP contribution is 2.35. The van der Waals surface area contributed by atoms with Crippen LogP contribution in [0.2, 0.25) is 5.31 Å². The smallest absolute Gasteiger partial charge is 0.220 e. The maximum absolute atomic E-state index is 2.34. The van der Waals surface area contributed by atoms with Crippen molar-refractivity contribution in [2.24, 2.45) is 0 Å². The topological polar surface area (TPSA) is 3.24 Å². The molecule has 1 heterocycles. The summed E-state index contributed by atoms with van der Waals surface area (Å²) in [6, 6.07) is 15.7. The molecule has 0 fully saturated rings. The first kappa shape index (κ1) is 13.3. The van der Waals surface area contributed by atoms with Gasteiger partial charge in [-0.1, -0.05) is 62.0 Å². The van der Waals surface area contributed by atoms with Gasteiger partial charge in [0.1, 0.15) is 0 Å². The van der Waals surface area contributed by atoms with Gasteiger partial charge in [-0.05, 0) is 29.9 Å². The summed E-state index contributed by atoms with van der Waals surface area (Å²) >= 11 is 0. The summed E-state index contributed by atoms with van der Waals surface area (Å²) in [7, 11) is 2.18. The maximum Gasteiger partial charge on any atom is 0.220 e. The summed E-state index contributed by atoms with van der Waals surface area (Å²) in [6.45, 7) is 9.63. The van der Waals surface area contributed by atoms with Crippen LogP contribution in [0.25, 0.3) is 0 Å². The number of hydrogen-bond acceptors (Lipinski definition) is 1. The SMILES string of the molecule is Cc1ccc2c(c1)N(C)c1ccccc1B2C(C)(C)C.